The van der Waals surface area contributed by atoms with Gasteiger partial charge in [0.1, 0.15) is 0 Å². The lowest BCUT2D eigenvalue weighted by atomic mass is 10.2. The molecule has 0 aromatic carbocycles. The minimum absolute atomic E-state index is 0.0130. The van der Waals surface area contributed by atoms with Gasteiger partial charge in [-0.25, -0.2) is 5.14 Å². The van der Waals surface area contributed by atoms with E-state index in [-0.39, 0.29) is 19.0 Å². The van der Waals surface area contributed by atoms with Gasteiger partial charge in [0.15, 0.2) is 0 Å². The van der Waals surface area contributed by atoms with E-state index in [0.29, 0.717) is 13.1 Å². The Hall–Kier alpha value is -0.960. The van der Waals surface area contributed by atoms with Gasteiger partial charge in [0.05, 0.1) is 4.88 Å². The molecular formula is C11H17N3O3S2. The molecule has 1 aromatic heterocycles. The smallest absolute Gasteiger partial charge is 0.277 e. The Morgan fingerprint density at radius 2 is 2.00 bits per heavy atom. The van der Waals surface area contributed by atoms with Crippen molar-refractivity contribution in [2.24, 2.45) is 5.14 Å². The second-order valence-electron chi connectivity index (χ2n) is 4.36. The van der Waals surface area contributed by atoms with E-state index in [2.05, 4.69) is 0 Å². The van der Waals surface area contributed by atoms with Crippen LogP contribution in [0.15, 0.2) is 11.4 Å². The van der Waals surface area contributed by atoms with Crippen molar-refractivity contribution >= 4 is 27.5 Å². The summed E-state index contributed by atoms with van der Waals surface area (Å²) >= 11 is 1.43. The van der Waals surface area contributed by atoms with Gasteiger partial charge in [0, 0.05) is 26.2 Å². The van der Waals surface area contributed by atoms with Crippen molar-refractivity contribution in [3.8, 4) is 0 Å². The van der Waals surface area contributed by atoms with Crippen molar-refractivity contribution in [3.05, 3.63) is 21.9 Å². The van der Waals surface area contributed by atoms with Gasteiger partial charge in [-0.2, -0.15) is 12.7 Å². The minimum atomic E-state index is -3.64. The lowest BCUT2D eigenvalue weighted by Gasteiger charge is -2.32. The number of carbonyl (C=O) groups is 1. The molecule has 1 aromatic rings. The summed E-state index contributed by atoms with van der Waals surface area (Å²) in [5.74, 6) is -0.0130. The van der Waals surface area contributed by atoms with Gasteiger partial charge in [-0.05, 0) is 23.4 Å². The summed E-state index contributed by atoms with van der Waals surface area (Å²) in [5.41, 5.74) is 1.05. The number of thiophene rings is 1. The fourth-order valence-corrected chi connectivity index (χ4v) is 3.73. The average molecular weight is 303 g/mol. The molecule has 2 rings (SSSR count). The Labute approximate surface area is 117 Å². The Morgan fingerprint density at radius 1 is 1.37 bits per heavy atom. The Morgan fingerprint density at radius 3 is 2.53 bits per heavy atom. The molecule has 2 N–H and O–H groups in total. The SMILES string of the molecule is CCc1ccsc1C(=O)N1CCN(S(N)(=O)=O)CC1. The number of rotatable bonds is 3. The summed E-state index contributed by atoms with van der Waals surface area (Å²) in [4.78, 5) is 14.8. The number of aryl methyl sites for hydroxylation is 1. The Bertz CT molecular complexity index is 559. The summed E-state index contributed by atoms with van der Waals surface area (Å²) in [6, 6.07) is 1.96. The second kappa shape index (κ2) is 5.58. The maximum absolute atomic E-state index is 12.3. The van der Waals surface area contributed by atoms with E-state index in [1.807, 2.05) is 18.4 Å². The van der Waals surface area contributed by atoms with Crippen molar-refractivity contribution < 1.29 is 13.2 Å². The van der Waals surface area contributed by atoms with Gasteiger partial charge >= 0.3 is 0 Å². The maximum Gasteiger partial charge on any atom is 0.277 e. The first-order valence-electron chi connectivity index (χ1n) is 6.07. The van der Waals surface area contributed by atoms with E-state index in [9.17, 15) is 13.2 Å². The van der Waals surface area contributed by atoms with E-state index >= 15 is 0 Å². The van der Waals surface area contributed by atoms with E-state index < -0.39 is 10.2 Å². The molecule has 1 saturated heterocycles. The summed E-state index contributed by atoms with van der Waals surface area (Å²) < 4.78 is 23.6. The van der Waals surface area contributed by atoms with Crippen molar-refractivity contribution in [2.75, 3.05) is 26.2 Å². The third-order valence-electron chi connectivity index (χ3n) is 3.21. The van der Waals surface area contributed by atoms with Crippen LogP contribution in [0.4, 0.5) is 0 Å². The Kier molecular flexibility index (Phi) is 4.24. The lowest BCUT2D eigenvalue weighted by molar-refractivity contribution is 0.0702. The first-order valence-corrected chi connectivity index (χ1v) is 8.45. The molecule has 0 bridgehead atoms. The summed E-state index contributed by atoms with van der Waals surface area (Å²) in [5, 5.41) is 6.98. The predicted octanol–water partition coefficient (Wildman–Crippen LogP) is 0.272. The molecule has 0 radical (unpaired) electrons. The van der Waals surface area contributed by atoms with Crippen LogP contribution in [0.5, 0.6) is 0 Å². The number of carbonyl (C=O) groups excluding carboxylic acids is 1. The molecular weight excluding hydrogens is 286 g/mol. The van der Waals surface area contributed by atoms with Gasteiger partial charge in [-0.1, -0.05) is 6.92 Å². The molecule has 0 saturated carbocycles. The van der Waals surface area contributed by atoms with E-state index in [0.717, 1.165) is 16.9 Å². The number of hydrogen-bond acceptors (Lipinski definition) is 4. The largest absolute Gasteiger partial charge is 0.335 e. The molecule has 8 heteroatoms. The molecule has 1 amide bonds. The second-order valence-corrected chi connectivity index (χ2v) is 6.83. The molecule has 19 heavy (non-hydrogen) atoms. The van der Waals surface area contributed by atoms with Crippen LogP contribution < -0.4 is 5.14 Å². The Balaban J connectivity index is 2.04. The van der Waals surface area contributed by atoms with Gasteiger partial charge < -0.3 is 4.90 Å². The fraction of sp³-hybridized carbons (Fsp3) is 0.545. The maximum atomic E-state index is 12.3. The topological polar surface area (TPSA) is 83.7 Å². The van der Waals surface area contributed by atoms with Crippen LogP contribution in [0, 0.1) is 0 Å². The average Bonchev–Trinajstić information content (AvgIpc) is 2.85. The zero-order chi connectivity index (χ0) is 14.0. The molecule has 1 aliphatic heterocycles. The van der Waals surface area contributed by atoms with Crippen LogP contribution in [-0.4, -0.2) is 49.7 Å². The number of hydrogen-bond donors (Lipinski definition) is 1. The molecule has 0 unspecified atom stereocenters. The molecule has 6 nitrogen and oxygen atoms in total. The highest BCUT2D eigenvalue weighted by atomic mass is 32.2. The van der Waals surface area contributed by atoms with Gasteiger partial charge in [-0.3, -0.25) is 4.79 Å². The summed E-state index contributed by atoms with van der Waals surface area (Å²) in [7, 11) is -3.64. The first-order chi connectivity index (χ1) is 8.93. The molecule has 1 fully saturated rings. The molecule has 0 aliphatic carbocycles. The third kappa shape index (κ3) is 3.14. The standard InChI is InChI=1S/C11H17N3O3S2/c1-2-9-3-8-18-10(9)11(15)13-4-6-14(7-5-13)19(12,16)17/h3,8H,2,4-7H2,1H3,(H2,12,16,17). The van der Waals surface area contributed by atoms with E-state index in [4.69, 9.17) is 5.14 Å². The van der Waals surface area contributed by atoms with E-state index in [1.165, 1.54) is 15.6 Å². The van der Waals surface area contributed by atoms with Gasteiger partial charge in [0.2, 0.25) is 0 Å². The lowest BCUT2D eigenvalue weighted by Crippen LogP contribution is -2.52. The van der Waals surface area contributed by atoms with Gasteiger partial charge in [-0.15, -0.1) is 11.3 Å². The van der Waals surface area contributed by atoms with E-state index in [1.54, 1.807) is 4.90 Å². The van der Waals surface area contributed by atoms with Gasteiger partial charge in [0.25, 0.3) is 16.1 Å². The summed E-state index contributed by atoms with van der Waals surface area (Å²) in [6.45, 7) is 3.30. The molecule has 1 aliphatic rings. The van der Waals surface area contributed by atoms with Crippen LogP contribution in [0.3, 0.4) is 0 Å². The van der Waals surface area contributed by atoms with Crippen molar-refractivity contribution in [1.29, 1.82) is 0 Å². The third-order valence-corrected chi connectivity index (χ3v) is 5.24. The summed E-state index contributed by atoms with van der Waals surface area (Å²) in [6.07, 6.45) is 0.821. The van der Waals surface area contributed by atoms with Crippen LogP contribution in [0.1, 0.15) is 22.2 Å². The molecule has 0 atom stereocenters. The quantitative estimate of drug-likeness (QED) is 0.870. The number of nitrogens with zero attached hydrogens (tertiary/aromatic N) is 2. The number of piperazine rings is 1. The molecule has 2 heterocycles. The minimum Gasteiger partial charge on any atom is -0.335 e. The fourth-order valence-electron chi connectivity index (χ4n) is 2.09. The van der Waals surface area contributed by atoms with Crippen molar-refractivity contribution in [1.82, 2.24) is 9.21 Å². The van der Waals surface area contributed by atoms with Crippen LogP contribution in [0.25, 0.3) is 0 Å². The highest BCUT2D eigenvalue weighted by Crippen LogP contribution is 2.20. The van der Waals surface area contributed by atoms with Crippen molar-refractivity contribution in [2.45, 2.75) is 13.3 Å². The zero-order valence-electron chi connectivity index (χ0n) is 10.7. The monoisotopic (exact) mass is 303 g/mol. The van der Waals surface area contributed by atoms with Crippen LogP contribution in [-0.2, 0) is 16.6 Å². The van der Waals surface area contributed by atoms with Crippen LogP contribution >= 0.6 is 11.3 Å². The normalized spacial score (nSPS) is 17.7. The number of nitrogens with two attached hydrogens (primary N) is 1. The predicted molar refractivity (Wildman–Crippen MR) is 74.3 cm³/mol. The van der Waals surface area contributed by atoms with Crippen molar-refractivity contribution in [3.63, 3.8) is 0 Å². The first kappa shape index (κ1) is 14.4. The zero-order valence-corrected chi connectivity index (χ0v) is 12.3. The highest BCUT2D eigenvalue weighted by Gasteiger charge is 2.28. The van der Waals surface area contributed by atoms with Crippen LogP contribution in [0.2, 0.25) is 0 Å². The number of amides is 1. The molecule has 0 spiro atoms. The molecule has 106 valence electrons. The highest BCUT2D eigenvalue weighted by molar-refractivity contribution is 7.86.